The second-order valence-corrected chi connectivity index (χ2v) is 5.81. The second kappa shape index (κ2) is 6.62. The summed E-state index contributed by atoms with van der Waals surface area (Å²) in [6.07, 6.45) is 0. The van der Waals surface area contributed by atoms with Crippen LogP contribution in [0.5, 0.6) is 0 Å². The zero-order valence-corrected chi connectivity index (χ0v) is 13.1. The Morgan fingerprint density at radius 2 is 1.95 bits per heavy atom. The molecule has 2 nitrogen and oxygen atoms in total. The van der Waals surface area contributed by atoms with Crippen LogP contribution >= 0.6 is 39.1 Å². The van der Waals surface area contributed by atoms with Crippen LogP contribution < -0.4 is 11.1 Å². The van der Waals surface area contributed by atoms with Crippen LogP contribution in [0.3, 0.4) is 0 Å². The summed E-state index contributed by atoms with van der Waals surface area (Å²) >= 11 is 15.4. The first-order valence-corrected chi connectivity index (χ1v) is 7.32. The van der Waals surface area contributed by atoms with E-state index in [1.54, 1.807) is 0 Å². The van der Waals surface area contributed by atoms with E-state index in [1.165, 1.54) is 0 Å². The van der Waals surface area contributed by atoms with E-state index in [9.17, 15) is 0 Å². The summed E-state index contributed by atoms with van der Waals surface area (Å²) in [5.41, 5.74) is 7.83. The SMILES string of the molecule is NCC(Nc1ccc(Cl)c(Br)c1)c1cccc(Cl)c1. The molecule has 0 aliphatic rings. The minimum absolute atomic E-state index is 0.00627. The number of hydrogen-bond acceptors (Lipinski definition) is 2. The molecule has 2 aromatic carbocycles. The lowest BCUT2D eigenvalue weighted by Gasteiger charge is -2.19. The van der Waals surface area contributed by atoms with E-state index in [0.717, 1.165) is 15.7 Å². The van der Waals surface area contributed by atoms with E-state index in [4.69, 9.17) is 28.9 Å². The molecule has 0 aliphatic carbocycles. The van der Waals surface area contributed by atoms with Crippen LogP contribution in [0, 0.1) is 0 Å². The number of anilines is 1. The Morgan fingerprint density at radius 1 is 1.16 bits per heavy atom. The van der Waals surface area contributed by atoms with Crippen LogP contribution in [0.4, 0.5) is 5.69 Å². The lowest BCUT2D eigenvalue weighted by Crippen LogP contribution is -2.20. The highest BCUT2D eigenvalue weighted by Gasteiger charge is 2.10. The lowest BCUT2D eigenvalue weighted by atomic mass is 10.1. The zero-order valence-electron chi connectivity index (χ0n) is 10.0. The van der Waals surface area contributed by atoms with E-state index in [-0.39, 0.29) is 6.04 Å². The van der Waals surface area contributed by atoms with Crippen molar-refractivity contribution >= 4 is 44.8 Å². The molecular weight excluding hydrogens is 347 g/mol. The fraction of sp³-hybridized carbons (Fsp3) is 0.143. The van der Waals surface area contributed by atoms with Gasteiger partial charge in [-0.3, -0.25) is 0 Å². The Hall–Kier alpha value is -0.740. The zero-order chi connectivity index (χ0) is 13.8. The summed E-state index contributed by atoms with van der Waals surface area (Å²) in [5, 5.41) is 4.75. The van der Waals surface area contributed by atoms with Crippen molar-refractivity contribution in [3.8, 4) is 0 Å². The average Bonchev–Trinajstić information content (AvgIpc) is 2.40. The van der Waals surface area contributed by atoms with Crippen LogP contribution in [0.15, 0.2) is 46.9 Å². The standard InChI is InChI=1S/C14H13BrCl2N2/c15-12-7-11(4-5-13(12)17)19-14(8-18)9-2-1-3-10(16)6-9/h1-7,14,19H,8,18H2. The molecule has 5 heteroatoms. The molecule has 100 valence electrons. The topological polar surface area (TPSA) is 38.0 Å². The molecular formula is C14H13BrCl2N2. The van der Waals surface area contributed by atoms with E-state index < -0.39 is 0 Å². The summed E-state index contributed by atoms with van der Waals surface area (Å²) in [4.78, 5) is 0. The van der Waals surface area contributed by atoms with Gasteiger partial charge in [0.15, 0.2) is 0 Å². The molecule has 1 atom stereocenters. The first-order valence-electron chi connectivity index (χ1n) is 5.77. The van der Waals surface area contributed by atoms with Gasteiger partial charge < -0.3 is 11.1 Å². The Labute approximate surface area is 131 Å². The highest BCUT2D eigenvalue weighted by molar-refractivity contribution is 9.10. The second-order valence-electron chi connectivity index (χ2n) is 4.12. The molecule has 0 radical (unpaired) electrons. The average molecular weight is 360 g/mol. The summed E-state index contributed by atoms with van der Waals surface area (Å²) in [5.74, 6) is 0. The van der Waals surface area contributed by atoms with Crippen molar-refractivity contribution in [3.63, 3.8) is 0 Å². The minimum atomic E-state index is 0.00627. The first kappa shape index (κ1) is 14.7. The van der Waals surface area contributed by atoms with Gasteiger partial charge in [-0.05, 0) is 51.8 Å². The van der Waals surface area contributed by atoms with Crippen molar-refractivity contribution in [1.29, 1.82) is 0 Å². The summed E-state index contributed by atoms with van der Waals surface area (Å²) < 4.78 is 0.848. The maximum absolute atomic E-state index is 6.00. The maximum atomic E-state index is 6.00. The highest BCUT2D eigenvalue weighted by Crippen LogP contribution is 2.28. The van der Waals surface area contributed by atoms with Gasteiger partial charge >= 0.3 is 0 Å². The molecule has 19 heavy (non-hydrogen) atoms. The first-order chi connectivity index (χ1) is 9.10. The van der Waals surface area contributed by atoms with Gasteiger partial charge in [0, 0.05) is 21.7 Å². The van der Waals surface area contributed by atoms with Gasteiger partial charge in [-0.25, -0.2) is 0 Å². The summed E-state index contributed by atoms with van der Waals surface area (Å²) in [7, 11) is 0. The Bertz CT molecular complexity index is 575. The third kappa shape index (κ3) is 3.86. The van der Waals surface area contributed by atoms with Crippen molar-refractivity contribution in [3.05, 3.63) is 62.5 Å². The number of benzene rings is 2. The molecule has 0 saturated heterocycles. The van der Waals surface area contributed by atoms with Gasteiger partial charge in [-0.2, -0.15) is 0 Å². The minimum Gasteiger partial charge on any atom is -0.377 e. The third-order valence-electron chi connectivity index (χ3n) is 2.75. The van der Waals surface area contributed by atoms with Crippen molar-refractivity contribution in [2.75, 3.05) is 11.9 Å². The molecule has 0 spiro atoms. The van der Waals surface area contributed by atoms with Gasteiger partial charge in [0.1, 0.15) is 0 Å². The highest BCUT2D eigenvalue weighted by atomic mass is 79.9. The van der Waals surface area contributed by atoms with Crippen molar-refractivity contribution in [2.24, 2.45) is 5.73 Å². The van der Waals surface area contributed by atoms with Crippen LogP contribution in [-0.2, 0) is 0 Å². The number of nitrogens with two attached hydrogens (primary N) is 1. The molecule has 0 fully saturated rings. The van der Waals surface area contributed by atoms with Gasteiger partial charge in [0.05, 0.1) is 11.1 Å². The largest absolute Gasteiger partial charge is 0.377 e. The van der Waals surface area contributed by atoms with E-state index in [0.29, 0.717) is 16.6 Å². The van der Waals surface area contributed by atoms with Crippen molar-refractivity contribution in [2.45, 2.75) is 6.04 Å². The van der Waals surface area contributed by atoms with Gasteiger partial charge in [-0.1, -0.05) is 35.3 Å². The molecule has 0 bridgehead atoms. The van der Waals surface area contributed by atoms with Gasteiger partial charge in [0.25, 0.3) is 0 Å². The van der Waals surface area contributed by atoms with Crippen molar-refractivity contribution in [1.82, 2.24) is 0 Å². The fourth-order valence-electron chi connectivity index (χ4n) is 1.79. The van der Waals surface area contributed by atoms with Gasteiger partial charge in [0.2, 0.25) is 0 Å². The smallest absolute Gasteiger partial charge is 0.0636 e. The Morgan fingerprint density at radius 3 is 2.58 bits per heavy atom. The van der Waals surface area contributed by atoms with Crippen LogP contribution in [0.2, 0.25) is 10.0 Å². The molecule has 0 amide bonds. The maximum Gasteiger partial charge on any atom is 0.0636 e. The van der Waals surface area contributed by atoms with Crippen molar-refractivity contribution < 1.29 is 0 Å². The number of nitrogens with one attached hydrogen (secondary N) is 1. The molecule has 0 heterocycles. The van der Waals surface area contributed by atoms with E-state index in [1.807, 2.05) is 42.5 Å². The third-order valence-corrected chi connectivity index (χ3v) is 4.20. The number of hydrogen-bond donors (Lipinski definition) is 2. The number of rotatable bonds is 4. The summed E-state index contributed by atoms with van der Waals surface area (Å²) in [6.45, 7) is 0.473. The lowest BCUT2D eigenvalue weighted by molar-refractivity contribution is 0.790. The molecule has 3 N–H and O–H groups in total. The summed E-state index contributed by atoms with van der Waals surface area (Å²) in [6, 6.07) is 13.4. The fourth-order valence-corrected chi connectivity index (χ4v) is 2.48. The quantitative estimate of drug-likeness (QED) is 0.817. The molecule has 0 aromatic heterocycles. The van der Waals surface area contributed by atoms with Gasteiger partial charge in [-0.15, -0.1) is 0 Å². The van der Waals surface area contributed by atoms with E-state index in [2.05, 4.69) is 21.2 Å². The normalized spacial score (nSPS) is 12.2. The molecule has 0 aliphatic heterocycles. The molecule has 0 saturated carbocycles. The Balaban J connectivity index is 2.21. The van der Waals surface area contributed by atoms with Crippen LogP contribution in [-0.4, -0.2) is 6.54 Å². The van der Waals surface area contributed by atoms with E-state index >= 15 is 0 Å². The predicted octanol–water partition coefficient (Wildman–Crippen LogP) is 4.87. The predicted molar refractivity (Wildman–Crippen MR) is 86.0 cm³/mol. The number of halogens is 3. The monoisotopic (exact) mass is 358 g/mol. The molecule has 2 aromatic rings. The molecule has 1 unspecified atom stereocenters. The molecule has 2 rings (SSSR count). The van der Waals surface area contributed by atoms with Crippen LogP contribution in [0.25, 0.3) is 0 Å². The Kier molecular flexibility index (Phi) is 5.11. The van der Waals surface area contributed by atoms with Crippen LogP contribution in [0.1, 0.15) is 11.6 Å².